The van der Waals surface area contributed by atoms with Crippen LogP contribution in [-0.2, 0) is 0 Å². The number of likely N-dealkylation sites (N-methyl/N-ethyl adjacent to an activating group) is 1. The maximum atomic E-state index is 3.26. The number of fused-ring (bicyclic) bond motifs is 3. The third-order valence-corrected chi connectivity index (χ3v) is 4.67. The summed E-state index contributed by atoms with van der Waals surface area (Å²) in [5.41, 5.74) is 4.19. The van der Waals surface area contributed by atoms with E-state index in [0.29, 0.717) is 6.04 Å². The Labute approximate surface area is 107 Å². The Kier molecular flexibility index (Phi) is 2.15. The van der Waals surface area contributed by atoms with Gasteiger partial charge in [0.15, 0.2) is 0 Å². The van der Waals surface area contributed by atoms with Crippen molar-refractivity contribution in [1.29, 1.82) is 0 Å². The highest BCUT2D eigenvalue weighted by molar-refractivity contribution is 5.84. The zero-order valence-corrected chi connectivity index (χ0v) is 10.7. The van der Waals surface area contributed by atoms with E-state index in [1.807, 2.05) is 6.20 Å². The molecular weight excluding hydrogens is 220 g/mol. The highest BCUT2D eigenvalue weighted by atomic mass is 15.2. The Hall–Kier alpha value is -1.54. The zero-order chi connectivity index (χ0) is 12.1. The molecule has 1 saturated heterocycles. The van der Waals surface area contributed by atoms with Gasteiger partial charge in [0.25, 0.3) is 0 Å². The smallest absolute Gasteiger partial charge is 0.0454 e. The van der Waals surface area contributed by atoms with Crippen LogP contribution in [0.15, 0.2) is 36.5 Å². The molecule has 3 heterocycles. The summed E-state index contributed by atoms with van der Waals surface area (Å²) >= 11 is 0. The van der Waals surface area contributed by atoms with Gasteiger partial charge >= 0.3 is 0 Å². The molecule has 2 aromatic rings. The third-order valence-electron chi connectivity index (χ3n) is 4.67. The number of hydrogen-bond donors (Lipinski definition) is 1. The molecule has 0 aliphatic carbocycles. The molecule has 18 heavy (non-hydrogen) atoms. The second kappa shape index (κ2) is 3.72. The average molecular weight is 238 g/mol. The van der Waals surface area contributed by atoms with E-state index >= 15 is 0 Å². The fraction of sp³-hybridized carbons (Fsp3) is 0.375. The van der Waals surface area contributed by atoms with Crippen LogP contribution in [-0.4, -0.2) is 29.0 Å². The molecule has 4 rings (SSSR count). The maximum absolute atomic E-state index is 3.26. The summed E-state index contributed by atoms with van der Waals surface area (Å²) in [5.74, 6) is 0. The number of H-pyrrole nitrogens is 1. The summed E-state index contributed by atoms with van der Waals surface area (Å²) in [7, 11) is 2.27. The molecule has 1 fully saturated rings. The van der Waals surface area contributed by atoms with Crippen molar-refractivity contribution in [3.05, 3.63) is 42.1 Å². The van der Waals surface area contributed by atoms with Gasteiger partial charge in [0.2, 0.25) is 0 Å². The summed E-state index contributed by atoms with van der Waals surface area (Å²) < 4.78 is 0. The number of nitrogens with zero attached hydrogens (tertiary/aromatic N) is 1. The first-order chi connectivity index (χ1) is 8.81. The Balaban J connectivity index is 1.76. The van der Waals surface area contributed by atoms with Crippen LogP contribution in [0.1, 0.15) is 24.8 Å². The van der Waals surface area contributed by atoms with Crippen LogP contribution >= 0.6 is 0 Å². The minimum Gasteiger partial charge on any atom is -0.361 e. The Morgan fingerprint density at radius 1 is 1.22 bits per heavy atom. The molecule has 0 radical (unpaired) electrons. The SMILES string of the molecule is CN1C2C=C(c3ccc4[nH]ccc4c3)CC1CC2. The normalized spacial score (nSPS) is 27.7. The van der Waals surface area contributed by atoms with Gasteiger partial charge in [0.1, 0.15) is 0 Å². The van der Waals surface area contributed by atoms with Crippen LogP contribution in [0.2, 0.25) is 0 Å². The first-order valence-electron chi connectivity index (χ1n) is 6.81. The molecule has 0 spiro atoms. The fourth-order valence-electron chi connectivity index (χ4n) is 3.51. The molecule has 2 aliphatic rings. The van der Waals surface area contributed by atoms with Crippen molar-refractivity contribution in [1.82, 2.24) is 9.88 Å². The van der Waals surface area contributed by atoms with Gasteiger partial charge in [-0.25, -0.2) is 0 Å². The monoisotopic (exact) mass is 238 g/mol. The molecule has 2 bridgehead atoms. The molecule has 1 N–H and O–H groups in total. The highest BCUT2D eigenvalue weighted by Gasteiger charge is 2.33. The minimum absolute atomic E-state index is 0.667. The summed E-state index contributed by atoms with van der Waals surface area (Å²) in [4.78, 5) is 5.80. The molecule has 0 saturated carbocycles. The average Bonchev–Trinajstić information content (AvgIpc) is 2.90. The van der Waals surface area contributed by atoms with Gasteiger partial charge < -0.3 is 4.98 Å². The van der Waals surface area contributed by atoms with Crippen LogP contribution in [0.4, 0.5) is 0 Å². The van der Waals surface area contributed by atoms with Crippen molar-refractivity contribution in [2.24, 2.45) is 0 Å². The van der Waals surface area contributed by atoms with Crippen molar-refractivity contribution >= 4 is 16.5 Å². The van der Waals surface area contributed by atoms with Gasteiger partial charge in [-0.05, 0) is 61.0 Å². The fourth-order valence-corrected chi connectivity index (χ4v) is 3.51. The predicted octanol–water partition coefficient (Wildman–Crippen LogP) is 3.42. The first kappa shape index (κ1) is 10.4. The van der Waals surface area contributed by atoms with E-state index in [0.717, 1.165) is 6.04 Å². The molecule has 2 nitrogen and oxygen atoms in total. The van der Waals surface area contributed by atoms with Crippen LogP contribution in [0.5, 0.6) is 0 Å². The maximum Gasteiger partial charge on any atom is 0.0454 e. The molecule has 2 atom stereocenters. The number of benzene rings is 1. The third kappa shape index (κ3) is 1.45. The lowest BCUT2D eigenvalue weighted by molar-refractivity contribution is 0.264. The van der Waals surface area contributed by atoms with Crippen molar-refractivity contribution in [2.45, 2.75) is 31.3 Å². The Morgan fingerprint density at radius 3 is 3.06 bits per heavy atom. The van der Waals surface area contributed by atoms with Gasteiger partial charge in [-0.15, -0.1) is 0 Å². The molecule has 1 aromatic carbocycles. The van der Waals surface area contributed by atoms with E-state index < -0.39 is 0 Å². The second-order valence-corrected chi connectivity index (χ2v) is 5.64. The van der Waals surface area contributed by atoms with Gasteiger partial charge in [0.05, 0.1) is 0 Å². The zero-order valence-electron chi connectivity index (χ0n) is 10.7. The number of nitrogens with one attached hydrogen (secondary N) is 1. The van der Waals surface area contributed by atoms with E-state index in [1.165, 1.54) is 35.7 Å². The van der Waals surface area contributed by atoms with Gasteiger partial charge in [-0.3, -0.25) is 4.90 Å². The molecule has 2 unspecified atom stereocenters. The van der Waals surface area contributed by atoms with Crippen molar-refractivity contribution in [3.63, 3.8) is 0 Å². The summed E-state index contributed by atoms with van der Waals surface area (Å²) in [6, 6.07) is 10.4. The summed E-state index contributed by atoms with van der Waals surface area (Å²) in [5, 5.41) is 1.32. The Bertz CT molecular complexity index is 623. The Morgan fingerprint density at radius 2 is 2.17 bits per heavy atom. The lowest BCUT2D eigenvalue weighted by Gasteiger charge is -2.30. The van der Waals surface area contributed by atoms with Crippen LogP contribution in [0.25, 0.3) is 16.5 Å². The minimum atomic E-state index is 0.667. The molecule has 1 aromatic heterocycles. The van der Waals surface area contributed by atoms with Crippen molar-refractivity contribution in [3.8, 4) is 0 Å². The summed E-state index contributed by atoms with van der Waals surface area (Å²) in [6.45, 7) is 0. The number of rotatable bonds is 1. The largest absolute Gasteiger partial charge is 0.361 e. The lowest BCUT2D eigenvalue weighted by Crippen LogP contribution is -2.34. The van der Waals surface area contributed by atoms with Gasteiger partial charge in [-0.1, -0.05) is 12.1 Å². The van der Waals surface area contributed by atoms with E-state index in [4.69, 9.17) is 0 Å². The standard InChI is InChI=1S/C16H18N2/c1-18-14-3-4-15(18)10-13(9-14)11-2-5-16-12(8-11)6-7-17-16/h2,5-9,14-15,17H,3-4,10H2,1H3. The molecule has 0 amide bonds. The van der Waals surface area contributed by atoms with E-state index in [2.05, 4.69) is 47.3 Å². The topological polar surface area (TPSA) is 19.0 Å². The van der Waals surface area contributed by atoms with Crippen molar-refractivity contribution in [2.75, 3.05) is 7.05 Å². The van der Waals surface area contributed by atoms with Gasteiger partial charge in [-0.2, -0.15) is 0 Å². The number of aromatic nitrogens is 1. The van der Waals surface area contributed by atoms with Gasteiger partial charge in [0, 0.05) is 23.8 Å². The van der Waals surface area contributed by atoms with E-state index in [1.54, 1.807) is 5.57 Å². The molecule has 2 heteroatoms. The molecular formula is C16H18N2. The molecule has 2 aliphatic heterocycles. The predicted molar refractivity (Wildman–Crippen MR) is 75.5 cm³/mol. The van der Waals surface area contributed by atoms with Crippen LogP contribution in [0.3, 0.4) is 0 Å². The number of hydrogen-bond acceptors (Lipinski definition) is 1. The number of aromatic amines is 1. The van der Waals surface area contributed by atoms with Crippen molar-refractivity contribution < 1.29 is 0 Å². The molecule has 92 valence electrons. The van der Waals surface area contributed by atoms with E-state index in [-0.39, 0.29) is 0 Å². The highest BCUT2D eigenvalue weighted by Crippen LogP contribution is 2.37. The first-order valence-corrected chi connectivity index (χ1v) is 6.81. The summed E-state index contributed by atoms with van der Waals surface area (Å²) in [6.07, 6.45) is 8.39. The van der Waals surface area contributed by atoms with Crippen LogP contribution < -0.4 is 0 Å². The van der Waals surface area contributed by atoms with Crippen LogP contribution in [0, 0.1) is 0 Å². The second-order valence-electron chi connectivity index (χ2n) is 5.64. The van der Waals surface area contributed by atoms with E-state index in [9.17, 15) is 0 Å². The lowest BCUT2D eigenvalue weighted by atomic mass is 9.94. The quantitative estimate of drug-likeness (QED) is 0.806.